The van der Waals surface area contributed by atoms with Gasteiger partial charge in [0, 0.05) is 0 Å². The second-order valence-corrected chi connectivity index (χ2v) is 2.57. The number of benzene rings is 1. The fraction of sp³-hybridized carbons (Fsp3) is 0.300. The van der Waals surface area contributed by atoms with E-state index in [9.17, 15) is 9.18 Å². The van der Waals surface area contributed by atoms with Gasteiger partial charge >= 0.3 is 5.97 Å². The van der Waals surface area contributed by atoms with Gasteiger partial charge in [-0.2, -0.15) is 0 Å². The largest absolute Gasteiger partial charge is 0.424 e. The predicted octanol–water partition coefficient (Wildman–Crippen LogP) is 2.12. The summed E-state index contributed by atoms with van der Waals surface area (Å²) in [5.41, 5.74) is 0.907. The van der Waals surface area contributed by atoms with Crippen LogP contribution in [0.3, 0.4) is 0 Å². The first-order valence-corrected chi connectivity index (χ1v) is 4.12. The molecule has 1 aromatic rings. The van der Waals surface area contributed by atoms with Crippen molar-refractivity contribution in [2.75, 3.05) is 6.67 Å². The molecule has 13 heavy (non-hydrogen) atoms. The first-order chi connectivity index (χ1) is 6.27. The van der Waals surface area contributed by atoms with Gasteiger partial charge in [0.1, 0.15) is 5.75 Å². The van der Waals surface area contributed by atoms with Crippen molar-refractivity contribution < 1.29 is 13.9 Å². The molecule has 0 aliphatic carbocycles. The number of hydrogen-bond donors (Lipinski definition) is 0. The summed E-state index contributed by atoms with van der Waals surface area (Å²) in [6, 6.07) is 7.11. The summed E-state index contributed by atoms with van der Waals surface area (Å²) in [7, 11) is 0. The van der Waals surface area contributed by atoms with Crippen molar-refractivity contribution in [2.45, 2.75) is 13.3 Å². The molecular formula is C10H11FO2. The van der Waals surface area contributed by atoms with E-state index in [0.29, 0.717) is 5.75 Å². The molecule has 0 atom stereocenters. The molecule has 0 unspecified atom stereocenters. The standard InChI is InChI=1S/C10H11FO2/c1-2-8-5-3-4-6-9(8)13-10(12)7-11/h3-6H,2,7H2,1H3. The second-order valence-electron chi connectivity index (χ2n) is 2.57. The summed E-state index contributed by atoms with van der Waals surface area (Å²) in [4.78, 5) is 10.7. The lowest BCUT2D eigenvalue weighted by molar-refractivity contribution is -0.135. The summed E-state index contributed by atoms with van der Waals surface area (Å²) in [6.45, 7) is 0.861. The first kappa shape index (κ1) is 9.71. The van der Waals surface area contributed by atoms with E-state index in [1.54, 1.807) is 12.1 Å². The Balaban J connectivity index is 2.81. The number of alkyl halides is 1. The number of carbonyl (C=O) groups is 1. The van der Waals surface area contributed by atoms with Crippen LogP contribution in [0, 0.1) is 0 Å². The third-order valence-electron chi connectivity index (χ3n) is 1.69. The molecule has 0 radical (unpaired) electrons. The van der Waals surface area contributed by atoms with E-state index in [-0.39, 0.29) is 0 Å². The number of aryl methyl sites for hydroxylation is 1. The van der Waals surface area contributed by atoms with Gasteiger partial charge in [0.15, 0.2) is 6.67 Å². The van der Waals surface area contributed by atoms with Crippen molar-refractivity contribution in [1.82, 2.24) is 0 Å². The summed E-state index contributed by atoms with van der Waals surface area (Å²) >= 11 is 0. The SMILES string of the molecule is CCc1ccccc1OC(=O)CF. The van der Waals surface area contributed by atoms with Gasteiger partial charge in [-0.1, -0.05) is 25.1 Å². The van der Waals surface area contributed by atoms with Crippen molar-refractivity contribution >= 4 is 5.97 Å². The minimum absolute atomic E-state index is 0.452. The molecule has 2 nitrogen and oxygen atoms in total. The number of hydrogen-bond acceptors (Lipinski definition) is 2. The molecule has 0 heterocycles. The minimum Gasteiger partial charge on any atom is -0.424 e. The summed E-state index contributed by atoms with van der Waals surface area (Å²) < 4.78 is 16.6. The van der Waals surface area contributed by atoms with Gasteiger partial charge in [-0.15, -0.1) is 0 Å². The summed E-state index contributed by atoms with van der Waals surface area (Å²) in [5, 5.41) is 0. The topological polar surface area (TPSA) is 26.3 Å². The number of carbonyl (C=O) groups excluding carboxylic acids is 1. The molecule has 0 N–H and O–H groups in total. The molecule has 0 bridgehead atoms. The Morgan fingerprint density at radius 3 is 2.77 bits per heavy atom. The fourth-order valence-corrected chi connectivity index (χ4v) is 1.05. The summed E-state index contributed by atoms with van der Waals surface area (Å²) in [6.07, 6.45) is 0.760. The monoisotopic (exact) mass is 182 g/mol. The number of para-hydroxylation sites is 1. The van der Waals surface area contributed by atoms with E-state index in [1.165, 1.54) is 0 Å². The Hall–Kier alpha value is -1.38. The number of rotatable bonds is 3. The van der Waals surface area contributed by atoms with Crippen LogP contribution in [-0.4, -0.2) is 12.6 Å². The first-order valence-electron chi connectivity index (χ1n) is 4.12. The maximum atomic E-state index is 11.8. The number of esters is 1. The molecule has 70 valence electrons. The van der Waals surface area contributed by atoms with E-state index < -0.39 is 12.6 Å². The van der Waals surface area contributed by atoms with Crippen molar-refractivity contribution in [2.24, 2.45) is 0 Å². The van der Waals surface area contributed by atoms with Crippen LogP contribution in [0.1, 0.15) is 12.5 Å². The van der Waals surface area contributed by atoms with E-state index in [0.717, 1.165) is 12.0 Å². The molecule has 1 rings (SSSR count). The van der Waals surface area contributed by atoms with Crippen molar-refractivity contribution in [3.8, 4) is 5.75 Å². The molecule has 0 saturated carbocycles. The third kappa shape index (κ3) is 2.54. The van der Waals surface area contributed by atoms with Gasteiger partial charge in [0.05, 0.1) is 0 Å². The van der Waals surface area contributed by atoms with Crippen LogP contribution in [0.2, 0.25) is 0 Å². The van der Waals surface area contributed by atoms with Gasteiger partial charge in [-0.25, -0.2) is 9.18 Å². The van der Waals surface area contributed by atoms with Crippen LogP contribution in [0.25, 0.3) is 0 Å². The Kier molecular flexibility index (Phi) is 3.43. The lowest BCUT2D eigenvalue weighted by Gasteiger charge is -2.05. The maximum absolute atomic E-state index is 11.8. The van der Waals surface area contributed by atoms with Gasteiger partial charge in [0.25, 0.3) is 0 Å². The van der Waals surface area contributed by atoms with Crippen LogP contribution >= 0.6 is 0 Å². The van der Waals surface area contributed by atoms with Gasteiger partial charge in [0.2, 0.25) is 0 Å². The lowest BCUT2D eigenvalue weighted by Crippen LogP contribution is -2.10. The van der Waals surface area contributed by atoms with Crippen molar-refractivity contribution in [1.29, 1.82) is 0 Å². The second kappa shape index (κ2) is 4.60. The molecule has 0 saturated heterocycles. The Morgan fingerprint density at radius 2 is 2.15 bits per heavy atom. The highest BCUT2D eigenvalue weighted by molar-refractivity contribution is 5.73. The Bertz CT molecular complexity index is 297. The zero-order chi connectivity index (χ0) is 9.68. The molecule has 0 spiro atoms. The molecule has 0 aliphatic heterocycles. The molecular weight excluding hydrogens is 171 g/mol. The molecule has 0 aromatic heterocycles. The molecule has 3 heteroatoms. The van der Waals surface area contributed by atoms with Gasteiger partial charge < -0.3 is 4.74 Å². The smallest absolute Gasteiger partial charge is 0.342 e. The van der Waals surface area contributed by atoms with Crippen LogP contribution < -0.4 is 4.74 Å². The number of halogens is 1. The maximum Gasteiger partial charge on any atom is 0.342 e. The zero-order valence-corrected chi connectivity index (χ0v) is 7.42. The van der Waals surface area contributed by atoms with Crippen molar-refractivity contribution in [3.63, 3.8) is 0 Å². The predicted molar refractivity (Wildman–Crippen MR) is 47.4 cm³/mol. The highest BCUT2D eigenvalue weighted by Crippen LogP contribution is 2.18. The van der Waals surface area contributed by atoms with E-state index in [4.69, 9.17) is 4.74 Å². The fourth-order valence-electron chi connectivity index (χ4n) is 1.05. The van der Waals surface area contributed by atoms with Crippen LogP contribution in [0.5, 0.6) is 5.75 Å². The van der Waals surface area contributed by atoms with E-state index >= 15 is 0 Å². The third-order valence-corrected chi connectivity index (χ3v) is 1.69. The molecule has 0 fully saturated rings. The highest BCUT2D eigenvalue weighted by Gasteiger charge is 2.06. The summed E-state index contributed by atoms with van der Waals surface area (Å²) in [5.74, 6) is -0.395. The molecule has 1 aromatic carbocycles. The molecule has 0 amide bonds. The van der Waals surface area contributed by atoms with E-state index in [2.05, 4.69) is 0 Å². The minimum atomic E-state index is -1.09. The molecule has 0 aliphatic rings. The zero-order valence-electron chi connectivity index (χ0n) is 7.42. The Morgan fingerprint density at radius 1 is 1.46 bits per heavy atom. The lowest BCUT2D eigenvalue weighted by atomic mass is 10.1. The van der Waals surface area contributed by atoms with Gasteiger partial charge in [-0.05, 0) is 18.1 Å². The average molecular weight is 182 g/mol. The normalized spacial score (nSPS) is 9.69. The Labute approximate surface area is 76.3 Å². The van der Waals surface area contributed by atoms with Gasteiger partial charge in [-0.3, -0.25) is 0 Å². The average Bonchev–Trinajstić information content (AvgIpc) is 2.18. The quantitative estimate of drug-likeness (QED) is 0.528. The van der Waals surface area contributed by atoms with Crippen LogP contribution in [-0.2, 0) is 11.2 Å². The van der Waals surface area contributed by atoms with E-state index in [1.807, 2.05) is 19.1 Å². The number of ether oxygens (including phenoxy) is 1. The van der Waals surface area contributed by atoms with Crippen molar-refractivity contribution in [3.05, 3.63) is 29.8 Å². The van der Waals surface area contributed by atoms with Crippen LogP contribution in [0.15, 0.2) is 24.3 Å². The van der Waals surface area contributed by atoms with Crippen LogP contribution in [0.4, 0.5) is 4.39 Å². The highest BCUT2D eigenvalue weighted by atomic mass is 19.1.